The molecule has 1 aromatic rings. The molecular weight excluding hydrogens is 198 g/mol. The highest BCUT2D eigenvalue weighted by Gasteiger charge is 2.25. The molecule has 5 heteroatoms. The maximum atomic E-state index is 9.88. The summed E-state index contributed by atoms with van der Waals surface area (Å²) in [6, 6.07) is 1.81. The van der Waals surface area contributed by atoms with Gasteiger partial charge in [0.15, 0.2) is 5.75 Å². The van der Waals surface area contributed by atoms with Gasteiger partial charge in [0.05, 0.1) is 0 Å². The lowest BCUT2D eigenvalue weighted by atomic mass is 10.1. The summed E-state index contributed by atoms with van der Waals surface area (Å²) in [4.78, 5) is 5.00. The van der Waals surface area contributed by atoms with Gasteiger partial charge in [0.2, 0.25) is 17.2 Å². The molecule has 2 heterocycles. The van der Waals surface area contributed by atoms with Crippen LogP contribution in [0.4, 0.5) is 0 Å². The van der Waals surface area contributed by atoms with Crippen LogP contribution in [0, 0.1) is 0 Å². The molecule has 0 spiro atoms. The molecule has 15 heavy (non-hydrogen) atoms. The molecule has 0 aromatic heterocycles. The summed E-state index contributed by atoms with van der Waals surface area (Å²) in [5.74, 6) is 1.24. The van der Waals surface area contributed by atoms with Gasteiger partial charge in [-0.25, -0.2) is 0 Å². The van der Waals surface area contributed by atoms with Gasteiger partial charge in [0, 0.05) is 18.2 Å². The Balaban J connectivity index is 2.18. The van der Waals surface area contributed by atoms with Gasteiger partial charge in [0.25, 0.3) is 0 Å². The molecular formula is C10H9NO4. The van der Waals surface area contributed by atoms with Crippen molar-refractivity contribution in [1.29, 1.82) is 0 Å². The Morgan fingerprint density at radius 1 is 1.20 bits per heavy atom. The number of phenolic OH excluding ortho intramolecular Hbond substituents is 1. The number of fused-ring (bicyclic) bond motifs is 2. The minimum Gasteiger partial charge on any atom is -0.502 e. The number of phenols is 1. The van der Waals surface area contributed by atoms with Gasteiger partial charge in [-0.1, -0.05) is 5.16 Å². The van der Waals surface area contributed by atoms with E-state index in [1.807, 2.05) is 6.07 Å². The van der Waals surface area contributed by atoms with Crippen LogP contribution in [-0.4, -0.2) is 24.5 Å². The van der Waals surface area contributed by atoms with E-state index in [-0.39, 0.29) is 5.75 Å². The molecule has 1 aromatic carbocycles. The number of oxime groups is 1. The number of aromatic hydroxyl groups is 1. The molecule has 0 saturated heterocycles. The summed E-state index contributed by atoms with van der Waals surface area (Å²) in [5.41, 5.74) is 0.853. The van der Waals surface area contributed by atoms with Crippen LogP contribution < -0.4 is 14.3 Å². The van der Waals surface area contributed by atoms with Gasteiger partial charge in [-0.3, -0.25) is 0 Å². The molecule has 2 aliphatic heterocycles. The molecule has 0 atom stereocenters. The molecule has 0 amide bonds. The van der Waals surface area contributed by atoms with E-state index in [0.29, 0.717) is 36.9 Å². The fourth-order valence-corrected chi connectivity index (χ4v) is 1.68. The smallest absolute Gasteiger partial charge is 0.208 e. The minimum absolute atomic E-state index is 0.0287. The monoisotopic (exact) mass is 207 g/mol. The lowest BCUT2D eigenvalue weighted by Crippen LogP contribution is -2.16. The predicted octanol–water partition coefficient (Wildman–Crippen LogP) is 1.08. The van der Waals surface area contributed by atoms with Crippen molar-refractivity contribution in [2.75, 3.05) is 13.2 Å². The molecule has 0 bridgehead atoms. The lowest BCUT2D eigenvalue weighted by Gasteiger charge is -2.22. The third-order valence-corrected chi connectivity index (χ3v) is 2.37. The Bertz CT molecular complexity index is 442. The molecule has 0 aliphatic carbocycles. The van der Waals surface area contributed by atoms with Gasteiger partial charge in [-0.2, -0.15) is 0 Å². The molecule has 1 N–H and O–H groups in total. The largest absolute Gasteiger partial charge is 0.502 e. The van der Waals surface area contributed by atoms with Crippen LogP contribution in [0.5, 0.6) is 23.0 Å². The summed E-state index contributed by atoms with van der Waals surface area (Å²) < 4.78 is 10.7. The fraction of sp³-hybridized carbons (Fsp3) is 0.300. The molecule has 0 radical (unpaired) electrons. The molecule has 0 unspecified atom stereocenters. The normalized spacial score (nSPS) is 16.8. The van der Waals surface area contributed by atoms with Crippen LogP contribution in [0.25, 0.3) is 0 Å². The summed E-state index contributed by atoms with van der Waals surface area (Å²) in [6.07, 6.45) is 2.26. The zero-order chi connectivity index (χ0) is 10.3. The van der Waals surface area contributed by atoms with E-state index in [0.717, 1.165) is 5.56 Å². The van der Waals surface area contributed by atoms with Crippen molar-refractivity contribution in [3.8, 4) is 23.0 Å². The van der Waals surface area contributed by atoms with Gasteiger partial charge >= 0.3 is 0 Å². The minimum atomic E-state index is -0.0287. The second-order valence-electron chi connectivity index (χ2n) is 3.32. The van der Waals surface area contributed by atoms with Gasteiger partial charge in [0.1, 0.15) is 13.2 Å². The van der Waals surface area contributed by atoms with Crippen LogP contribution in [-0.2, 0) is 6.42 Å². The Morgan fingerprint density at radius 2 is 2.07 bits per heavy atom. The quantitative estimate of drug-likeness (QED) is 0.691. The average Bonchev–Trinajstić information content (AvgIpc) is 2.30. The summed E-state index contributed by atoms with van der Waals surface area (Å²) in [7, 11) is 0. The first-order chi connectivity index (χ1) is 7.36. The Labute approximate surface area is 85.9 Å². The highest BCUT2D eigenvalue weighted by atomic mass is 16.6. The van der Waals surface area contributed by atoms with Crippen LogP contribution in [0.15, 0.2) is 11.2 Å². The predicted molar refractivity (Wildman–Crippen MR) is 51.9 cm³/mol. The average molecular weight is 207 g/mol. The molecule has 0 saturated carbocycles. The first kappa shape index (κ1) is 8.40. The van der Waals surface area contributed by atoms with E-state index in [9.17, 15) is 5.11 Å². The van der Waals surface area contributed by atoms with Crippen LogP contribution in [0.1, 0.15) is 5.56 Å². The standard InChI is InChI=1S/C10H9NO4/c12-8-9-6(1-2-11-15-9)5-7-10(8)14-4-3-13-7/h2,5,12H,1,3-4H2. The van der Waals surface area contributed by atoms with Crippen molar-refractivity contribution in [3.63, 3.8) is 0 Å². The van der Waals surface area contributed by atoms with Gasteiger partial charge < -0.3 is 19.4 Å². The maximum Gasteiger partial charge on any atom is 0.208 e. The first-order valence-electron chi connectivity index (χ1n) is 4.69. The summed E-state index contributed by atoms with van der Waals surface area (Å²) in [6.45, 7) is 0.933. The zero-order valence-corrected chi connectivity index (χ0v) is 7.90. The Hall–Kier alpha value is -1.91. The SMILES string of the molecule is Oc1c2c(cc3c1OCCO3)CC=NO2. The highest BCUT2D eigenvalue weighted by Crippen LogP contribution is 2.47. The number of hydrogen-bond donors (Lipinski definition) is 1. The zero-order valence-electron chi connectivity index (χ0n) is 7.90. The number of hydrogen-bond acceptors (Lipinski definition) is 5. The topological polar surface area (TPSA) is 60.3 Å². The number of rotatable bonds is 0. The van der Waals surface area contributed by atoms with E-state index < -0.39 is 0 Å². The Morgan fingerprint density at radius 3 is 3.00 bits per heavy atom. The molecule has 5 nitrogen and oxygen atoms in total. The van der Waals surface area contributed by atoms with Crippen molar-refractivity contribution in [3.05, 3.63) is 11.6 Å². The van der Waals surface area contributed by atoms with E-state index in [1.54, 1.807) is 6.21 Å². The molecule has 3 rings (SSSR count). The van der Waals surface area contributed by atoms with Crippen molar-refractivity contribution in [2.24, 2.45) is 5.16 Å². The Kier molecular flexibility index (Phi) is 1.71. The van der Waals surface area contributed by atoms with E-state index in [4.69, 9.17) is 14.3 Å². The number of ether oxygens (including phenoxy) is 2. The summed E-state index contributed by atoms with van der Waals surface area (Å²) in [5, 5.41) is 13.5. The van der Waals surface area contributed by atoms with Gasteiger partial charge in [-0.05, 0) is 6.07 Å². The second-order valence-corrected chi connectivity index (χ2v) is 3.32. The van der Waals surface area contributed by atoms with Crippen molar-refractivity contribution < 1.29 is 19.4 Å². The van der Waals surface area contributed by atoms with E-state index >= 15 is 0 Å². The number of benzene rings is 1. The molecule has 78 valence electrons. The van der Waals surface area contributed by atoms with Crippen LogP contribution >= 0.6 is 0 Å². The highest BCUT2D eigenvalue weighted by molar-refractivity contribution is 5.71. The summed E-state index contributed by atoms with van der Waals surface area (Å²) >= 11 is 0. The lowest BCUT2D eigenvalue weighted by molar-refractivity contribution is 0.163. The molecule has 2 aliphatic rings. The van der Waals surface area contributed by atoms with Crippen molar-refractivity contribution >= 4 is 6.21 Å². The van der Waals surface area contributed by atoms with Crippen molar-refractivity contribution in [2.45, 2.75) is 6.42 Å². The van der Waals surface area contributed by atoms with E-state index in [1.165, 1.54) is 0 Å². The third kappa shape index (κ3) is 1.20. The van der Waals surface area contributed by atoms with Crippen LogP contribution in [0.3, 0.4) is 0 Å². The first-order valence-corrected chi connectivity index (χ1v) is 4.69. The maximum absolute atomic E-state index is 9.88. The third-order valence-electron chi connectivity index (χ3n) is 2.37. The number of nitrogens with zero attached hydrogens (tertiary/aromatic N) is 1. The van der Waals surface area contributed by atoms with Gasteiger partial charge in [-0.15, -0.1) is 0 Å². The molecule has 0 fully saturated rings. The van der Waals surface area contributed by atoms with E-state index in [2.05, 4.69) is 5.16 Å². The van der Waals surface area contributed by atoms with Crippen LogP contribution in [0.2, 0.25) is 0 Å². The second kappa shape index (κ2) is 3.05. The fourth-order valence-electron chi connectivity index (χ4n) is 1.68. The van der Waals surface area contributed by atoms with Crippen molar-refractivity contribution in [1.82, 2.24) is 0 Å².